The molecule has 0 radical (unpaired) electrons. The fourth-order valence-electron chi connectivity index (χ4n) is 2.27. The highest BCUT2D eigenvalue weighted by atomic mass is 16.5. The molecule has 1 N–H and O–H groups in total. The van der Waals surface area contributed by atoms with Crippen LogP contribution in [0.2, 0.25) is 0 Å². The van der Waals surface area contributed by atoms with E-state index in [0.717, 1.165) is 29.8 Å². The zero-order valence-corrected chi connectivity index (χ0v) is 9.93. The number of esters is 1. The average molecular weight is 246 g/mol. The molecule has 2 heterocycles. The molecule has 0 saturated heterocycles. The van der Waals surface area contributed by atoms with E-state index in [0.29, 0.717) is 18.7 Å². The molecule has 0 aliphatic carbocycles. The Kier molecular flexibility index (Phi) is 2.76. The molecule has 5 nitrogen and oxygen atoms in total. The Morgan fingerprint density at radius 3 is 3.17 bits per heavy atom. The van der Waals surface area contributed by atoms with Crippen LogP contribution in [0.4, 0.5) is 0 Å². The monoisotopic (exact) mass is 246 g/mol. The van der Waals surface area contributed by atoms with Crippen LogP contribution in [0.15, 0.2) is 23.3 Å². The van der Waals surface area contributed by atoms with Crippen LogP contribution < -0.4 is 4.74 Å². The summed E-state index contributed by atoms with van der Waals surface area (Å²) in [4.78, 5) is 11.2. The van der Waals surface area contributed by atoms with Crippen molar-refractivity contribution in [1.29, 1.82) is 0 Å². The van der Waals surface area contributed by atoms with Gasteiger partial charge in [0.2, 0.25) is 0 Å². The molecule has 0 aromatic heterocycles. The van der Waals surface area contributed by atoms with Gasteiger partial charge in [0, 0.05) is 24.1 Å². The number of hydrogen-bond acceptors (Lipinski definition) is 5. The van der Waals surface area contributed by atoms with Crippen molar-refractivity contribution in [3.05, 3.63) is 29.3 Å². The number of carbonyl (C=O) groups is 1. The molecular formula is C13H14N2O3. The van der Waals surface area contributed by atoms with Gasteiger partial charge in [0.15, 0.2) is 0 Å². The summed E-state index contributed by atoms with van der Waals surface area (Å²) >= 11 is 0. The number of benzene rings is 1. The topological polar surface area (TPSA) is 62.1 Å². The molecule has 0 spiro atoms. The van der Waals surface area contributed by atoms with Crippen LogP contribution in [0, 0.1) is 0 Å². The van der Waals surface area contributed by atoms with Crippen LogP contribution in [0.5, 0.6) is 5.75 Å². The van der Waals surface area contributed by atoms with Gasteiger partial charge in [-0.3, -0.25) is 9.80 Å². The van der Waals surface area contributed by atoms with Crippen LogP contribution in [-0.4, -0.2) is 41.5 Å². The fraction of sp³-hybridized carbons (Fsp3) is 0.385. The van der Waals surface area contributed by atoms with Crippen LogP contribution in [0.1, 0.15) is 17.5 Å². The quantitative estimate of drug-likeness (QED) is 0.625. The third kappa shape index (κ3) is 1.97. The van der Waals surface area contributed by atoms with Gasteiger partial charge in [0.05, 0.1) is 25.3 Å². The van der Waals surface area contributed by atoms with Crippen molar-refractivity contribution in [3.63, 3.8) is 0 Å². The molecule has 1 aromatic carbocycles. The van der Waals surface area contributed by atoms with Gasteiger partial charge >= 0.3 is 5.97 Å². The second-order valence-electron chi connectivity index (χ2n) is 4.45. The standard InChI is InChI=1S/C13H14N2O3/c16-6-5-15-4-3-11(14-15)9-1-2-10-8-13(17)18-12(10)7-9/h1-2,7,16H,3-6,8H2. The van der Waals surface area contributed by atoms with E-state index < -0.39 is 0 Å². The molecule has 0 unspecified atom stereocenters. The summed E-state index contributed by atoms with van der Waals surface area (Å²) < 4.78 is 5.13. The third-order valence-corrected chi connectivity index (χ3v) is 3.19. The molecule has 5 heteroatoms. The highest BCUT2D eigenvalue weighted by molar-refractivity contribution is 6.02. The summed E-state index contributed by atoms with van der Waals surface area (Å²) in [5, 5.41) is 15.2. The van der Waals surface area contributed by atoms with Crippen molar-refractivity contribution in [2.24, 2.45) is 5.10 Å². The maximum Gasteiger partial charge on any atom is 0.315 e. The first-order chi connectivity index (χ1) is 8.76. The summed E-state index contributed by atoms with van der Waals surface area (Å²) in [5.74, 6) is 0.457. The minimum Gasteiger partial charge on any atom is -0.426 e. The third-order valence-electron chi connectivity index (χ3n) is 3.19. The number of hydrazone groups is 1. The van der Waals surface area contributed by atoms with Crippen LogP contribution in [0.25, 0.3) is 0 Å². The van der Waals surface area contributed by atoms with Gasteiger partial charge in [-0.15, -0.1) is 0 Å². The van der Waals surface area contributed by atoms with E-state index >= 15 is 0 Å². The van der Waals surface area contributed by atoms with Crippen LogP contribution >= 0.6 is 0 Å². The predicted molar refractivity (Wildman–Crippen MR) is 65.6 cm³/mol. The minimum atomic E-state index is -0.197. The highest BCUT2D eigenvalue weighted by Crippen LogP contribution is 2.28. The number of β-amino-alcohol motifs (C(OH)–C–C–N with tert-alkyl or cyclic N) is 1. The maximum absolute atomic E-state index is 11.2. The normalized spacial score (nSPS) is 17.7. The molecule has 3 rings (SSSR count). The first kappa shape index (κ1) is 11.2. The second-order valence-corrected chi connectivity index (χ2v) is 4.45. The molecule has 0 atom stereocenters. The number of carbonyl (C=O) groups excluding carboxylic acids is 1. The number of hydrogen-bond donors (Lipinski definition) is 1. The van der Waals surface area contributed by atoms with Gasteiger partial charge in [-0.2, -0.15) is 5.10 Å². The molecule has 0 saturated carbocycles. The first-order valence-electron chi connectivity index (χ1n) is 6.03. The lowest BCUT2D eigenvalue weighted by molar-refractivity contribution is -0.131. The summed E-state index contributed by atoms with van der Waals surface area (Å²) in [6, 6.07) is 5.77. The van der Waals surface area contributed by atoms with Crippen LogP contribution in [-0.2, 0) is 11.2 Å². The van der Waals surface area contributed by atoms with Crippen molar-refractivity contribution < 1.29 is 14.6 Å². The van der Waals surface area contributed by atoms with Crippen LogP contribution in [0.3, 0.4) is 0 Å². The van der Waals surface area contributed by atoms with Crippen molar-refractivity contribution in [2.75, 3.05) is 19.7 Å². The highest BCUT2D eigenvalue weighted by Gasteiger charge is 2.22. The Bertz CT molecular complexity index is 525. The van der Waals surface area contributed by atoms with Gasteiger partial charge in [-0.25, -0.2) is 0 Å². The van der Waals surface area contributed by atoms with Crippen molar-refractivity contribution in [2.45, 2.75) is 12.8 Å². The van der Waals surface area contributed by atoms with E-state index in [1.807, 2.05) is 23.2 Å². The predicted octanol–water partition coefficient (Wildman–Crippen LogP) is 0.550. The lowest BCUT2D eigenvalue weighted by atomic mass is 10.0. The average Bonchev–Trinajstić information content (AvgIpc) is 2.93. The molecule has 2 aliphatic heterocycles. The molecule has 0 amide bonds. The summed E-state index contributed by atoms with van der Waals surface area (Å²) in [6.45, 7) is 1.49. The van der Waals surface area contributed by atoms with E-state index in [9.17, 15) is 4.79 Å². The number of ether oxygens (including phenoxy) is 1. The Morgan fingerprint density at radius 1 is 1.44 bits per heavy atom. The number of aliphatic hydroxyl groups is 1. The fourth-order valence-corrected chi connectivity index (χ4v) is 2.27. The molecule has 1 aromatic rings. The number of fused-ring (bicyclic) bond motifs is 1. The van der Waals surface area contributed by atoms with Gasteiger partial charge in [0.1, 0.15) is 5.75 Å². The Balaban J connectivity index is 1.84. The number of aliphatic hydroxyl groups excluding tert-OH is 1. The molecule has 94 valence electrons. The van der Waals surface area contributed by atoms with Gasteiger partial charge < -0.3 is 9.84 Å². The Morgan fingerprint density at radius 2 is 2.33 bits per heavy atom. The molecular weight excluding hydrogens is 232 g/mol. The van der Waals surface area contributed by atoms with Crippen molar-refractivity contribution >= 4 is 11.7 Å². The summed E-state index contributed by atoms with van der Waals surface area (Å²) in [7, 11) is 0. The van der Waals surface area contributed by atoms with Gasteiger partial charge in [-0.05, 0) is 6.07 Å². The number of nitrogens with zero attached hydrogens (tertiary/aromatic N) is 2. The van der Waals surface area contributed by atoms with E-state index in [1.54, 1.807) is 0 Å². The number of rotatable bonds is 3. The lowest BCUT2D eigenvalue weighted by Crippen LogP contribution is -2.17. The van der Waals surface area contributed by atoms with E-state index in [1.165, 1.54) is 0 Å². The Labute approximate surface area is 105 Å². The van der Waals surface area contributed by atoms with Gasteiger partial charge in [-0.1, -0.05) is 12.1 Å². The molecule has 2 aliphatic rings. The van der Waals surface area contributed by atoms with Gasteiger partial charge in [0.25, 0.3) is 0 Å². The summed E-state index contributed by atoms with van der Waals surface area (Å²) in [5.41, 5.74) is 2.91. The zero-order chi connectivity index (χ0) is 12.5. The molecule has 18 heavy (non-hydrogen) atoms. The maximum atomic E-state index is 11.2. The second kappa shape index (κ2) is 4.42. The van der Waals surface area contributed by atoms with E-state index in [-0.39, 0.29) is 12.6 Å². The molecule has 0 bridgehead atoms. The minimum absolute atomic E-state index is 0.110. The zero-order valence-electron chi connectivity index (χ0n) is 9.93. The smallest absolute Gasteiger partial charge is 0.315 e. The SMILES string of the molecule is O=C1Cc2ccc(C3=NN(CCO)CC3)cc2O1. The first-order valence-corrected chi connectivity index (χ1v) is 6.03. The Hall–Kier alpha value is -1.88. The largest absolute Gasteiger partial charge is 0.426 e. The lowest BCUT2D eigenvalue weighted by Gasteiger charge is -2.09. The van der Waals surface area contributed by atoms with E-state index in [2.05, 4.69) is 5.10 Å². The van der Waals surface area contributed by atoms with Crippen molar-refractivity contribution in [3.8, 4) is 5.75 Å². The summed E-state index contributed by atoms with van der Waals surface area (Å²) in [6.07, 6.45) is 1.21. The van der Waals surface area contributed by atoms with Crippen molar-refractivity contribution in [1.82, 2.24) is 5.01 Å². The van der Waals surface area contributed by atoms with E-state index in [4.69, 9.17) is 9.84 Å². The molecule has 0 fully saturated rings.